The van der Waals surface area contributed by atoms with Crippen LogP contribution in [-0.4, -0.2) is 32.0 Å². The fourth-order valence-electron chi connectivity index (χ4n) is 2.90. The van der Waals surface area contributed by atoms with E-state index in [0.717, 1.165) is 18.4 Å². The lowest BCUT2D eigenvalue weighted by Crippen LogP contribution is -2.29. The lowest BCUT2D eigenvalue weighted by atomic mass is 10.1. The number of anilines is 1. The van der Waals surface area contributed by atoms with E-state index in [1.54, 1.807) is 35.0 Å². The minimum absolute atomic E-state index is 0.204. The van der Waals surface area contributed by atoms with Gasteiger partial charge in [0, 0.05) is 11.3 Å². The Hall–Kier alpha value is -3.49. The van der Waals surface area contributed by atoms with E-state index in [-0.39, 0.29) is 23.6 Å². The number of amides is 2. The number of tetrazole rings is 1. The van der Waals surface area contributed by atoms with Crippen molar-refractivity contribution in [1.29, 1.82) is 0 Å². The summed E-state index contributed by atoms with van der Waals surface area (Å²) in [5.74, 6) is 0.193. The predicted octanol–water partition coefficient (Wildman–Crippen LogP) is 2.65. The van der Waals surface area contributed by atoms with E-state index in [2.05, 4.69) is 26.2 Å². The Balaban J connectivity index is 1.48. The fourth-order valence-corrected chi connectivity index (χ4v) is 2.90. The number of nitrogens with zero attached hydrogens (tertiary/aromatic N) is 4. The molecular formula is C19H20N6O3. The van der Waals surface area contributed by atoms with Crippen molar-refractivity contribution >= 4 is 17.5 Å². The summed E-state index contributed by atoms with van der Waals surface area (Å²) in [5, 5.41) is 17.5. The fraction of sp³-hybridized carbons (Fsp3) is 0.316. The summed E-state index contributed by atoms with van der Waals surface area (Å²) < 4.78 is 6.88. The molecule has 2 aromatic heterocycles. The van der Waals surface area contributed by atoms with E-state index < -0.39 is 0 Å². The van der Waals surface area contributed by atoms with Gasteiger partial charge < -0.3 is 15.1 Å². The second-order valence-electron chi connectivity index (χ2n) is 6.87. The van der Waals surface area contributed by atoms with Crippen molar-refractivity contribution in [2.45, 2.75) is 38.8 Å². The van der Waals surface area contributed by atoms with Crippen LogP contribution in [0.25, 0.3) is 0 Å². The zero-order chi connectivity index (χ0) is 19.7. The van der Waals surface area contributed by atoms with Gasteiger partial charge in [0.05, 0.1) is 18.3 Å². The van der Waals surface area contributed by atoms with Gasteiger partial charge in [-0.05, 0) is 66.9 Å². The van der Waals surface area contributed by atoms with Crippen molar-refractivity contribution in [2.24, 2.45) is 0 Å². The van der Waals surface area contributed by atoms with Crippen molar-refractivity contribution in [1.82, 2.24) is 25.5 Å². The van der Waals surface area contributed by atoms with Gasteiger partial charge in [-0.3, -0.25) is 9.59 Å². The predicted molar refractivity (Wildman–Crippen MR) is 99.8 cm³/mol. The van der Waals surface area contributed by atoms with Crippen LogP contribution in [-0.2, 0) is 0 Å². The molecular weight excluding hydrogens is 360 g/mol. The molecule has 28 heavy (non-hydrogen) atoms. The number of furan rings is 1. The monoisotopic (exact) mass is 380 g/mol. The summed E-state index contributed by atoms with van der Waals surface area (Å²) in [5.41, 5.74) is 1.81. The highest BCUT2D eigenvalue weighted by Gasteiger charge is 2.30. The highest BCUT2D eigenvalue weighted by molar-refractivity contribution is 6.03. The Kier molecular flexibility index (Phi) is 4.64. The molecule has 1 fully saturated rings. The van der Waals surface area contributed by atoms with Crippen LogP contribution in [0.4, 0.5) is 5.69 Å². The molecule has 1 aromatic carbocycles. The van der Waals surface area contributed by atoms with Crippen LogP contribution in [0.5, 0.6) is 0 Å². The van der Waals surface area contributed by atoms with Gasteiger partial charge in [0.1, 0.15) is 0 Å². The molecule has 2 N–H and O–H groups in total. The minimum Gasteiger partial charge on any atom is -0.459 e. The molecule has 144 valence electrons. The van der Waals surface area contributed by atoms with Gasteiger partial charge in [0.2, 0.25) is 0 Å². The van der Waals surface area contributed by atoms with Crippen LogP contribution in [0.15, 0.2) is 41.0 Å². The van der Waals surface area contributed by atoms with Gasteiger partial charge in [-0.1, -0.05) is 6.07 Å². The van der Waals surface area contributed by atoms with E-state index in [9.17, 15) is 9.59 Å². The summed E-state index contributed by atoms with van der Waals surface area (Å²) in [7, 11) is 0. The van der Waals surface area contributed by atoms with Crippen molar-refractivity contribution < 1.29 is 14.0 Å². The molecule has 0 radical (unpaired) electrons. The average molecular weight is 380 g/mol. The zero-order valence-corrected chi connectivity index (χ0v) is 15.5. The smallest absolute Gasteiger partial charge is 0.291 e. The van der Waals surface area contributed by atoms with Gasteiger partial charge >= 0.3 is 0 Å². The third-order valence-corrected chi connectivity index (χ3v) is 4.64. The number of hydrogen-bond acceptors (Lipinski definition) is 6. The second-order valence-corrected chi connectivity index (χ2v) is 6.87. The first-order valence-corrected chi connectivity index (χ1v) is 9.07. The number of aromatic nitrogens is 4. The van der Waals surface area contributed by atoms with E-state index in [1.165, 1.54) is 6.26 Å². The molecule has 3 aromatic rings. The first-order chi connectivity index (χ1) is 13.5. The third kappa shape index (κ3) is 3.64. The standard InChI is InChI=1S/C19H20N6O3/c1-11-5-6-13(10-15(11)21-19(27)16-4-3-9-28-16)18(26)20-12(2)17-22-23-24-25(17)14-7-8-14/h3-6,9-10,12,14H,7-8H2,1-2H3,(H,20,26)(H,21,27). The maximum absolute atomic E-state index is 12.7. The van der Waals surface area contributed by atoms with Gasteiger partial charge in [-0.15, -0.1) is 5.10 Å². The molecule has 1 aliphatic rings. The molecule has 2 heterocycles. The number of benzene rings is 1. The molecule has 4 rings (SSSR count). The minimum atomic E-state index is -0.373. The largest absolute Gasteiger partial charge is 0.459 e. The average Bonchev–Trinajstić information content (AvgIpc) is 3.18. The van der Waals surface area contributed by atoms with Crippen molar-refractivity contribution in [3.63, 3.8) is 0 Å². The van der Waals surface area contributed by atoms with E-state index in [0.29, 0.717) is 23.1 Å². The Labute approximate surface area is 161 Å². The Morgan fingerprint density at radius 1 is 1.25 bits per heavy atom. The molecule has 1 atom stereocenters. The molecule has 0 saturated heterocycles. The highest BCUT2D eigenvalue weighted by atomic mass is 16.3. The second kappa shape index (κ2) is 7.26. The number of carbonyl (C=O) groups excluding carboxylic acids is 2. The number of aryl methyl sites for hydroxylation is 1. The zero-order valence-electron chi connectivity index (χ0n) is 15.5. The Morgan fingerprint density at radius 2 is 2.07 bits per heavy atom. The molecule has 0 aliphatic heterocycles. The van der Waals surface area contributed by atoms with E-state index in [1.807, 2.05) is 13.8 Å². The molecule has 9 heteroatoms. The van der Waals surface area contributed by atoms with Gasteiger partial charge in [-0.25, -0.2) is 4.68 Å². The third-order valence-electron chi connectivity index (χ3n) is 4.64. The quantitative estimate of drug-likeness (QED) is 0.679. The van der Waals surface area contributed by atoms with Crippen molar-refractivity contribution in [3.05, 3.63) is 59.3 Å². The summed E-state index contributed by atoms with van der Waals surface area (Å²) >= 11 is 0. The summed E-state index contributed by atoms with van der Waals surface area (Å²) in [4.78, 5) is 24.9. The lowest BCUT2D eigenvalue weighted by Gasteiger charge is -2.15. The molecule has 9 nitrogen and oxygen atoms in total. The van der Waals surface area contributed by atoms with Gasteiger partial charge in [-0.2, -0.15) is 0 Å². The summed E-state index contributed by atoms with van der Waals surface area (Å²) in [6.45, 7) is 3.70. The lowest BCUT2D eigenvalue weighted by molar-refractivity contribution is 0.0935. The molecule has 1 saturated carbocycles. The van der Waals surface area contributed by atoms with Crippen LogP contribution in [0.3, 0.4) is 0 Å². The first kappa shape index (κ1) is 17.9. The number of nitrogens with one attached hydrogen (secondary N) is 2. The van der Waals surface area contributed by atoms with Crippen LogP contribution in [0.1, 0.15) is 64.1 Å². The van der Waals surface area contributed by atoms with Gasteiger partial charge in [0.15, 0.2) is 11.6 Å². The number of hydrogen-bond donors (Lipinski definition) is 2. The van der Waals surface area contributed by atoms with Crippen LogP contribution >= 0.6 is 0 Å². The summed E-state index contributed by atoms with van der Waals surface area (Å²) in [6.07, 6.45) is 3.53. The van der Waals surface area contributed by atoms with Gasteiger partial charge in [0.25, 0.3) is 11.8 Å². The van der Waals surface area contributed by atoms with Crippen LogP contribution < -0.4 is 10.6 Å². The van der Waals surface area contributed by atoms with Crippen LogP contribution in [0.2, 0.25) is 0 Å². The Bertz CT molecular complexity index is 1010. The SMILES string of the molecule is Cc1ccc(C(=O)NC(C)c2nnnn2C2CC2)cc1NC(=O)c1ccco1. The molecule has 1 unspecified atom stereocenters. The highest BCUT2D eigenvalue weighted by Crippen LogP contribution is 2.35. The summed E-state index contributed by atoms with van der Waals surface area (Å²) in [6, 6.07) is 8.34. The Morgan fingerprint density at radius 3 is 2.79 bits per heavy atom. The normalized spacial score (nSPS) is 14.5. The molecule has 1 aliphatic carbocycles. The first-order valence-electron chi connectivity index (χ1n) is 9.07. The molecule has 0 spiro atoms. The molecule has 0 bridgehead atoms. The molecule has 2 amide bonds. The maximum atomic E-state index is 12.7. The van der Waals surface area contributed by atoms with E-state index in [4.69, 9.17) is 4.42 Å². The number of rotatable bonds is 6. The maximum Gasteiger partial charge on any atom is 0.291 e. The van der Waals surface area contributed by atoms with Crippen LogP contribution in [0, 0.1) is 6.92 Å². The number of carbonyl (C=O) groups is 2. The van der Waals surface area contributed by atoms with Crippen molar-refractivity contribution in [2.75, 3.05) is 5.32 Å². The van der Waals surface area contributed by atoms with E-state index >= 15 is 0 Å². The topological polar surface area (TPSA) is 115 Å². The van der Waals surface area contributed by atoms with Crippen molar-refractivity contribution in [3.8, 4) is 0 Å².